The van der Waals surface area contributed by atoms with Crippen molar-refractivity contribution in [3.8, 4) is 17.2 Å². The van der Waals surface area contributed by atoms with Gasteiger partial charge in [-0.2, -0.15) is 0 Å². The predicted molar refractivity (Wildman–Crippen MR) is 98.8 cm³/mol. The zero-order valence-electron chi connectivity index (χ0n) is 15.0. The van der Waals surface area contributed by atoms with Crippen LogP contribution in [0.1, 0.15) is 42.7 Å². The topological polar surface area (TPSA) is 27.7 Å². The smallest absolute Gasteiger partial charge is 0.123 e. The molecule has 0 bridgehead atoms. The number of fused-ring (bicyclic) bond motifs is 1. The van der Waals surface area contributed by atoms with Gasteiger partial charge in [-0.25, -0.2) is 0 Å². The zero-order chi connectivity index (χ0) is 17.2. The van der Waals surface area contributed by atoms with Crippen molar-refractivity contribution in [1.82, 2.24) is 0 Å². The molecule has 1 saturated carbocycles. The molecule has 0 amide bonds. The van der Waals surface area contributed by atoms with Crippen molar-refractivity contribution in [2.24, 2.45) is 5.92 Å². The van der Waals surface area contributed by atoms with Gasteiger partial charge >= 0.3 is 0 Å². The van der Waals surface area contributed by atoms with Crippen LogP contribution in [0.3, 0.4) is 0 Å². The third-order valence-electron chi connectivity index (χ3n) is 5.84. The van der Waals surface area contributed by atoms with Gasteiger partial charge in [-0.05, 0) is 73.1 Å². The summed E-state index contributed by atoms with van der Waals surface area (Å²) in [6.45, 7) is 0. The second kappa shape index (κ2) is 6.99. The first-order chi connectivity index (χ1) is 12.3. The van der Waals surface area contributed by atoms with Crippen molar-refractivity contribution >= 4 is 0 Å². The number of rotatable bonds is 4. The first kappa shape index (κ1) is 16.3. The van der Waals surface area contributed by atoms with E-state index in [1.165, 1.54) is 30.4 Å². The molecule has 1 heterocycles. The fourth-order valence-electron chi connectivity index (χ4n) is 4.51. The van der Waals surface area contributed by atoms with E-state index < -0.39 is 0 Å². The fourth-order valence-corrected chi connectivity index (χ4v) is 4.51. The van der Waals surface area contributed by atoms with E-state index in [0.717, 1.165) is 30.1 Å². The molecule has 0 spiro atoms. The average Bonchev–Trinajstić information content (AvgIpc) is 3.17. The van der Waals surface area contributed by atoms with Gasteiger partial charge in [0.2, 0.25) is 0 Å². The van der Waals surface area contributed by atoms with Crippen LogP contribution < -0.4 is 14.2 Å². The van der Waals surface area contributed by atoms with Crippen molar-refractivity contribution < 1.29 is 14.2 Å². The van der Waals surface area contributed by atoms with E-state index in [2.05, 4.69) is 36.4 Å². The number of hydrogen-bond acceptors (Lipinski definition) is 3. The lowest BCUT2D eigenvalue weighted by Gasteiger charge is -2.33. The van der Waals surface area contributed by atoms with E-state index in [1.54, 1.807) is 14.2 Å². The van der Waals surface area contributed by atoms with Crippen molar-refractivity contribution in [2.45, 2.75) is 44.1 Å². The lowest BCUT2D eigenvalue weighted by atomic mass is 9.82. The standard InChI is InChI=1S/C22H26O3/c1-23-17-9-6-15(7-10-17)19-4-3-5-20(19)22-12-8-16-14-18(24-2)11-13-21(16)25-22/h6-7,9-11,13-14,19-20,22H,3-5,8,12H2,1-2H3/t19?,20?,22-/m0/s1. The molecule has 0 N–H and O–H groups in total. The number of aryl methyl sites for hydroxylation is 1. The van der Waals surface area contributed by atoms with Gasteiger partial charge in [0.05, 0.1) is 14.2 Å². The van der Waals surface area contributed by atoms with Crippen molar-refractivity contribution in [1.29, 1.82) is 0 Å². The number of ether oxygens (including phenoxy) is 3. The van der Waals surface area contributed by atoms with Crippen molar-refractivity contribution in [3.05, 3.63) is 53.6 Å². The maximum Gasteiger partial charge on any atom is 0.123 e. The average molecular weight is 338 g/mol. The molecule has 132 valence electrons. The van der Waals surface area contributed by atoms with Gasteiger partial charge in [-0.3, -0.25) is 0 Å². The molecule has 3 nitrogen and oxygen atoms in total. The summed E-state index contributed by atoms with van der Waals surface area (Å²) in [7, 11) is 3.43. The summed E-state index contributed by atoms with van der Waals surface area (Å²) in [6, 6.07) is 14.8. The zero-order valence-corrected chi connectivity index (χ0v) is 15.0. The maximum atomic E-state index is 6.43. The molecule has 2 aromatic rings. The Bertz CT molecular complexity index is 723. The SMILES string of the molecule is COc1ccc(C2CCCC2[C@@H]2CCc3cc(OC)ccc3O2)cc1. The molecular formula is C22H26O3. The largest absolute Gasteiger partial charge is 0.497 e. The minimum atomic E-state index is 0.315. The highest BCUT2D eigenvalue weighted by Crippen LogP contribution is 2.45. The highest BCUT2D eigenvalue weighted by Gasteiger charge is 2.37. The lowest BCUT2D eigenvalue weighted by molar-refractivity contribution is 0.104. The van der Waals surface area contributed by atoms with Crippen molar-refractivity contribution in [3.63, 3.8) is 0 Å². The Morgan fingerprint density at radius 1 is 0.880 bits per heavy atom. The van der Waals surface area contributed by atoms with Gasteiger partial charge in [0, 0.05) is 5.92 Å². The molecule has 2 aliphatic rings. The fraction of sp³-hybridized carbons (Fsp3) is 0.455. The van der Waals surface area contributed by atoms with Gasteiger partial charge in [0.25, 0.3) is 0 Å². The van der Waals surface area contributed by atoms with Crippen LogP contribution in [0.5, 0.6) is 17.2 Å². The van der Waals surface area contributed by atoms with Gasteiger partial charge < -0.3 is 14.2 Å². The van der Waals surface area contributed by atoms with E-state index >= 15 is 0 Å². The molecule has 2 unspecified atom stereocenters. The molecule has 1 aliphatic carbocycles. The van der Waals surface area contributed by atoms with E-state index in [-0.39, 0.29) is 0 Å². The molecule has 2 aromatic carbocycles. The maximum absolute atomic E-state index is 6.43. The molecule has 3 heteroatoms. The summed E-state index contributed by atoms with van der Waals surface area (Å²) in [5.74, 6) is 4.07. The van der Waals surface area contributed by atoms with Gasteiger partial charge in [-0.1, -0.05) is 18.6 Å². The van der Waals surface area contributed by atoms with Crippen LogP contribution in [0.4, 0.5) is 0 Å². The second-order valence-corrected chi connectivity index (χ2v) is 7.14. The van der Waals surface area contributed by atoms with E-state index in [9.17, 15) is 0 Å². The van der Waals surface area contributed by atoms with Crippen LogP contribution >= 0.6 is 0 Å². The molecule has 3 atom stereocenters. The summed E-state index contributed by atoms with van der Waals surface area (Å²) in [4.78, 5) is 0. The highest BCUT2D eigenvalue weighted by atomic mass is 16.5. The Balaban J connectivity index is 1.52. The van der Waals surface area contributed by atoms with Crippen LogP contribution in [-0.2, 0) is 6.42 Å². The Labute approximate surface area is 149 Å². The molecular weight excluding hydrogens is 312 g/mol. The van der Waals surface area contributed by atoms with Crippen LogP contribution in [0.2, 0.25) is 0 Å². The monoisotopic (exact) mass is 338 g/mol. The van der Waals surface area contributed by atoms with E-state index in [1.807, 2.05) is 6.07 Å². The predicted octanol–water partition coefficient (Wildman–Crippen LogP) is 4.98. The highest BCUT2D eigenvalue weighted by molar-refractivity contribution is 5.42. The van der Waals surface area contributed by atoms with Gasteiger partial charge in [0.1, 0.15) is 23.4 Å². The Kier molecular flexibility index (Phi) is 4.56. The number of benzene rings is 2. The summed E-state index contributed by atoms with van der Waals surface area (Å²) >= 11 is 0. The summed E-state index contributed by atoms with van der Waals surface area (Å²) < 4.78 is 17.1. The third-order valence-corrected chi connectivity index (χ3v) is 5.84. The number of hydrogen-bond donors (Lipinski definition) is 0. The van der Waals surface area contributed by atoms with Crippen LogP contribution in [0.15, 0.2) is 42.5 Å². The quantitative estimate of drug-likeness (QED) is 0.787. The minimum absolute atomic E-state index is 0.315. The van der Waals surface area contributed by atoms with E-state index in [4.69, 9.17) is 14.2 Å². The third kappa shape index (κ3) is 3.20. The minimum Gasteiger partial charge on any atom is -0.497 e. The van der Waals surface area contributed by atoms with Crippen LogP contribution in [0.25, 0.3) is 0 Å². The molecule has 0 radical (unpaired) electrons. The first-order valence-corrected chi connectivity index (χ1v) is 9.26. The first-order valence-electron chi connectivity index (χ1n) is 9.26. The lowest BCUT2D eigenvalue weighted by Crippen LogP contribution is -2.32. The summed E-state index contributed by atoms with van der Waals surface area (Å²) in [6.07, 6.45) is 6.28. The Morgan fingerprint density at radius 2 is 1.64 bits per heavy atom. The normalized spacial score (nSPS) is 25.1. The Hall–Kier alpha value is -2.16. The van der Waals surface area contributed by atoms with Gasteiger partial charge in [0.15, 0.2) is 0 Å². The number of methoxy groups -OCH3 is 2. The van der Waals surface area contributed by atoms with Crippen LogP contribution in [0, 0.1) is 5.92 Å². The van der Waals surface area contributed by atoms with Crippen LogP contribution in [-0.4, -0.2) is 20.3 Å². The van der Waals surface area contributed by atoms with Gasteiger partial charge in [-0.15, -0.1) is 0 Å². The van der Waals surface area contributed by atoms with Crippen molar-refractivity contribution in [2.75, 3.05) is 14.2 Å². The summed E-state index contributed by atoms with van der Waals surface area (Å²) in [5.41, 5.74) is 2.70. The second-order valence-electron chi connectivity index (χ2n) is 7.14. The molecule has 1 fully saturated rings. The van der Waals surface area contributed by atoms with E-state index in [0.29, 0.717) is 17.9 Å². The summed E-state index contributed by atoms with van der Waals surface area (Å²) in [5, 5.41) is 0. The molecule has 0 aromatic heterocycles. The molecule has 25 heavy (non-hydrogen) atoms. The molecule has 1 aliphatic heterocycles. The Morgan fingerprint density at radius 3 is 2.40 bits per heavy atom. The molecule has 4 rings (SSSR count). The molecule has 0 saturated heterocycles.